The van der Waals surface area contributed by atoms with E-state index < -0.39 is 49.4 Å². The standard InChI is InChI=1S/2C2HF5O3S.C2H6O2/c2*3-1(4,5)2(6,7)11(8,9)10;1-2(3)4/h2*(H,8,9,10);2-4H,1H3. The smallest absolute Gasteiger partial charge is 0.368 e. The lowest BCUT2D eigenvalue weighted by Gasteiger charge is -2.15. The second kappa shape index (κ2) is 8.82. The van der Waals surface area contributed by atoms with Gasteiger partial charge in [-0.05, 0) is 6.92 Å². The Labute approximate surface area is 137 Å². The van der Waals surface area contributed by atoms with Crippen molar-refractivity contribution in [2.45, 2.75) is 36.1 Å². The molecule has 162 valence electrons. The van der Waals surface area contributed by atoms with E-state index in [1.54, 1.807) is 0 Å². The van der Waals surface area contributed by atoms with Gasteiger partial charge in [0.25, 0.3) is 0 Å². The van der Waals surface area contributed by atoms with E-state index in [1.165, 1.54) is 6.92 Å². The number of aliphatic hydroxyl groups is 2. The van der Waals surface area contributed by atoms with Crippen LogP contribution >= 0.6 is 0 Å². The van der Waals surface area contributed by atoms with Crippen LogP contribution in [0.1, 0.15) is 6.92 Å². The first kappa shape index (κ1) is 29.8. The zero-order valence-corrected chi connectivity index (χ0v) is 13.2. The van der Waals surface area contributed by atoms with Crippen LogP contribution in [0.25, 0.3) is 0 Å². The first-order valence-electron chi connectivity index (χ1n) is 4.92. The molecule has 0 radical (unpaired) electrons. The molecule has 4 N–H and O–H groups in total. The molecule has 0 saturated heterocycles. The van der Waals surface area contributed by atoms with Gasteiger partial charge in [0, 0.05) is 0 Å². The van der Waals surface area contributed by atoms with Crippen LogP contribution in [-0.2, 0) is 20.2 Å². The molecular weight excluding hydrogens is 454 g/mol. The van der Waals surface area contributed by atoms with Crippen LogP contribution in [0.4, 0.5) is 43.9 Å². The van der Waals surface area contributed by atoms with Gasteiger partial charge in [0.1, 0.15) is 6.29 Å². The lowest BCUT2D eigenvalue weighted by atomic mass is 10.7. The SMILES string of the molecule is CC(O)O.O=S(=O)(O)C(F)(F)C(F)(F)F.O=S(=O)(O)C(F)(F)C(F)(F)F. The lowest BCUT2D eigenvalue weighted by molar-refractivity contribution is -0.243. The minimum absolute atomic E-state index is 1.17. The van der Waals surface area contributed by atoms with Gasteiger partial charge in [-0.2, -0.15) is 60.7 Å². The van der Waals surface area contributed by atoms with Gasteiger partial charge in [-0.15, -0.1) is 0 Å². The summed E-state index contributed by atoms with van der Waals surface area (Å²) < 4.78 is 164. The lowest BCUT2D eigenvalue weighted by Crippen LogP contribution is -2.43. The molecule has 0 aliphatic rings. The van der Waals surface area contributed by atoms with Gasteiger partial charge in [-0.1, -0.05) is 0 Å². The first-order valence-corrected chi connectivity index (χ1v) is 7.80. The Kier molecular flexibility index (Phi) is 10.1. The number of alkyl halides is 10. The van der Waals surface area contributed by atoms with Crippen LogP contribution in [0, 0.1) is 0 Å². The van der Waals surface area contributed by atoms with Crippen molar-refractivity contribution in [2.75, 3.05) is 0 Å². The fourth-order valence-corrected chi connectivity index (χ4v) is 0.877. The van der Waals surface area contributed by atoms with Gasteiger partial charge in [0.05, 0.1) is 0 Å². The zero-order valence-electron chi connectivity index (χ0n) is 11.6. The molecule has 0 bridgehead atoms. The van der Waals surface area contributed by atoms with E-state index in [1.807, 2.05) is 0 Å². The third-order valence-electron chi connectivity index (χ3n) is 1.31. The predicted octanol–water partition coefficient (Wildman–Crippen LogP) is 1.38. The summed E-state index contributed by atoms with van der Waals surface area (Å²) in [5.41, 5.74) is 0. The molecule has 0 heterocycles. The van der Waals surface area contributed by atoms with Crippen LogP contribution in [0.3, 0.4) is 0 Å². The second-order valence-electron chi connectivity index (χ2n) is 3.61. The Hall–Kier alpha value is -0.960. The van der Waals surface area contributed by atoms with Gasteiger partial charge >= 0.3 is 43.1 Å². The van der Waals surface area contributed by atoms with Crippen LogP contribution in [0.15, 0.2) is 0 Å². The molecule has 0 unspecified atom stereocenters. The van der Waals surface area contributed by atoms with Gasteiger partial charge in [0.15, 0.2) is 0 Å². The summed E-state index contributed by atoms with van der Waals surface area (Å²) in [6, 6.07) is 0. The van der Waals surface area contributed by atoms with Crippen LogP contribution in [0.5, 0.6) is 0 Å². The molecule has 0 fully saturated rings. The molecular formula is C6H8F10O8S2. The third-order valence-corrected chi connectivity index (χ3v) is 3.07. The highest BCUT2D eigenvalue weighted by Gasteiger charge is 2.68. The minimum Gasteiger partial charge on any atom is -0.368 e. The summed E-state index contributed by atoms with van der Waals surface area (Å²) in [5.74, 6) is 0. The highest BCUT2D eigenvalue weighted by molar-refractivity contribution is 7.87. The molecule has 0 spiro atoms. The van der Waals surface area contributed by atoms with Crippen molar-refractivity contribution < 1.29 is 80.1 Å². The van der Waals surface area contributed by atoms with Crippen LogP contribution in [0.2, 0.25) is 0 Å². The van der Waals surface area contributed by atoms with E-state index in [-0.39, 0.29) is 0 Å². The molecule has 0 aromatic carbocycles. The van der Waals surface area contributed by atoms with Crippen molar-refractivity contribution in [3.05, 3.63) is 0 Å². The largest absolute Gasteiger partial charge is 0.472 e. The van der Waals surface area contributed by atoms with Crippen molar-refractivity contribution in [1.82, 2.24) is 0 Å². The summed E-state index contributed by atoms with van der Waals surface area (Å²) in [4.78, 5) is 0. The monoisotopic (exact) mass is 462 g/mol. The number of aliphatic hydroxyl groups excluding tert-OH is 1. The average molecular weight is 462 g/mol. The Bertz CT molecular complexity index is 575. The number of rotatable bonds is 2. The molecule has 0 aliphatic carbocycles. The van der Waals surface area contributed by atoms with E-state index in [0.29, 0.717) is 0 Å². The molecule has 0 saturated carbocycles. The van der Waals surface area contributed by atoms with E-state index in [0.717, 1.165) is 0 Å². The third kappa shape index (κ3) is 9.12. The maximum atomic E-state index is 11.5. The van der Waals surface area contributed by atoms with E-state index in [2.05, 4.69) is 0 Å². The Balaban J connectivity index is -0.000000338. The predicted molar refractivity (Wildman–Crippen MR) is 59.0 cm³/mol. The molecule has 0 rings (SSSR count). The molecule has 0 aliphatic heterocycles. The normalized spacial score (nSPS) is 14.2. The molecule has 8 nitrogen and oxygen atoms in total. The molecule has 0 aromatic heterocycles. The summed E-state index contributed by atoms with van der Waals surface area (Å²) >= 11 is 0. The Morgan fingerprint density at radius 2 is 0.731 bits per heavy atom. The summed E-state index contributed by atoms with van der Waals surface area (Å²) in [7, 11) is -12.8. The van der Waals surface area contributed by atoms with Crippen molar-refractivity contribution >= 4 is 20.2 Å². The zero-order chi connectivity index (χ0) is 22.6. The van der Waals surface area contributed by atoms with Crippen LogP contribution < -0.4 is 0 Å². The first-order chi connectivity index (χ1) is 10.7. The molecule has 26 heavy (non-hydrogen) atoms. The maximum Gasteiger partial charge on any atom is 0.472 e. The summed E-state index contributed by atoms with van der Waals surface area (Å²) in [5, 5.41) is 3.03. The van der Waals surface area contributed by atoms with Crippen molar-refractivity contribution in [3.63, 3.8) is 0 Å². The van der Waals surface area contributed by atoms with Gasteiger partial charge in [-0.25, -0.2) is 0 Å². The Morgan fingerprint density at radius 1 is 0.615 bits per heavy atom. The highest BCUT2D eigenvalue weighted by atomic mass is 32.2. The number of halogens is 10. The number of hydrogen-bond donors (Lipinski definition) is 4. The van der Waals surface area contributed by atoms with Crippen molar-refractivity contribution in [2.24, 2.45) is 0 Å². The molecule has 0 amide bonds. The highest BCUT2D eigenvalue weighted by Crippen LogP contribution is 2.39. The summed E-state index contributed by atoms with van der Waals surface area (Å²) in [6.45, 7) is 1.28. The van der Waals surface area contributed by atoms with Gasteiger partial charge < -0.3 is 10.2 Å². The van der Waals surface area contributed by atoms with Gasteiger partial charge in [-0.3, -0.25) is 9.11 Å². The quantitative estimate of drug-likeness (QED) is 0.273. The van der Waals surface area contributed by atoms with Crippen LogP contribution in [-0.4, -0.2) is 65.3 Å². The fraction of sp³-hybridized carbons (Fsp3) is 1.00. The average Bonchev–Trinajstić information content (AvgIpc) is 2.22. The topological polar surface area (TPSA) is 149 Å². The number of hydrogen-bond acceptors (Lipinski definition) is 6. The molecule has 20 heteroatoms. The van der Waals surface area contributed by atoms with E-state index in [9.17, 15) is 60.7 Å². The maximum absolute atomic E-state index is 11.5. The Morgan fingerprint density at radius 3 is 0.731 bits per heavy atom. The van der Waals surface area contributed by atoms with E-state index in [4.69, 9.17) is 19.3 Å². The minimum atomic E-state index is -6.42. The fourth-order valence-electron chi connectivity index (χ4n) is 0.292. The summed E-state index contributed by atoms with van der Waals surface area (Å²) in [6.07, 6.45) is -13.7. The van der Waals surface area contributed by atoms with Gasteiger partial charge in [0.2, 0.25) is 0 Å². The second-order valence-corrected chi connectivity index (χ2v) is 6.54. The molecule has 0 aromatic rings. The molecule has 0 atom stereocenters. The van der Waals surface area contributed by atoms with Crippen molar-refractivity contribution in [1.29, 1.82) is 0 Å². The van der Waals surface area contributed by atoms with E-state index >= 15 is 0 Å². The van der Waals surface area contributed by atoms with Crippen molar-refractivity contribution in [3.8, 4) is 0 Å².